The van der Waals surface area contributed by atoms with Gasteiger partial charge in [-0.25, -0.2) is 0 Å². The molecule has 0 bridgehead atoms. The average molecular weight is 339 g/mol. The van der Waals surface area contributed by atoms with Crippen LogP contribution >= 0.6 is 0 Å². The Morgan fingerprint density at radius 2 is 1.78 bits per heavy atom. The van der Waals surface area contributed by atoms with Crippen molar-refractivity contribution < 1.29 is 13.2 Å². The SMILES string of the molecule is CCN(CC)S(=O)(=O)N1CCN(C(C)=O)CC1c1ccccc1. The molecule has 0 saturated carbocycles. The number of amides is 1. The Hall–Kier alpha value is -1.44. The third kappa shape index (κ3) is 3.73. The lowest BCUT2D eigenvalue weighted by molar-refractivity contribution is -0.131. The highest BCUT2D eigenvalue weighted by Gasteiger charge is 2.39. The van der Waals surface area contributed by atoms with Crippen LogP contribution in [0.4, 0.5) is 0 Å². The fourth-order valence-electron chi connectivity index (χ4n) is 2.97. The van der Waals surface area contributed by atoms with Crippen LogP contribution in [0.3, 0.4) is 0 Å². The lowest BCUT2D eigenvalue weighted by Gasteiger charge is -2.42. The molecule has 1 unspecified atom stereocenters. The third-order valence-corrected chi connectivity index (χ3v) is 6.49. The molecule has 0 N–H and O–H groups in total. The summed E-state index contributed by atoms with van der Waals surface area (Å²) in [6, 6.07) is 9.17. The zero-order chi connectivity index (χ0) is 17.0. The first-order valence-corrected chi connectivity index (χ1v) is 9.38. The summed E-state index contributed by atoms with van der Waals surface area (Å²) in [5.74, 6) is -0.0224. The summed E-state index contributed by atoms with van der Waals surface area (Å²) in [6.45, 7) is 7.21. The molecular formula is C16H25N3O3S. The molecule has 128 valence electrons. The van der Waals surface area contributed by atoms with Crippen LogP contribution in [0.15, 0.2) is 30.3 Å². The molecule has 0 spiro atoms. The van der Waals surface area contributed by atoms with Gasteiger partial charge in [0.05, 0.1) is 6.04 Å². The van der Waals surface area contributed by atoms with E-state index in [1.54, 1.807) is 4.90 Å². The Labute approximate surface area is 138 Å². The largest absolute Gasteiger partial charge is 0.340 e. The van der Waals surface area contributed by atoms with Gasteiger partial charge in [-0.3, -0.25) is 4.79 Å². The molecule has 1 heterocycles. The van der Waals surface area contributed by atoms with Gasteiger partial charge in [0.2, 0.25) is 5.91 Å². The number of piperazine rings is 1. The van der Waals surface area contributed by atoms with Crippen LogP contribution < -0.4 is 0 Å². The highest BCUT2D eigenvalue weighted by Crippen LogP contribution is 2.29. The van der Waals surface area contributed by atoms with Crippen LogP contribution in [-0.4, -0.2) is 60.6 Å². The van der Waals surface area contributed by atoms with Crippen LogP contribution in [0.1, 0.15) is 32.4 Å². The Kier molecular flexibility index (Phi) is 5.78. The maximum absolute atomic E-state index is 13.0. The first-order valence-electron chi connectivity index (χ1n) is 7.99. The van der Waals surface area contributed by atoms with Gasteiger partial charge in [0.1, 0.15) is 0 Å². The lowest BCUT2D eigenvalue weighted by Crippen LogP contribution is -2.55. The highest BCUT2D eigenvalue weighted by atomic mass is 32.2. The minimum Gasteiger partial charge on any atom is -0.340 e. The van der Waals surface area contributed by atoms with Gasteiger partial charge in [-0.2, -0.15) is 17.0 Å². The molecular weight excluding hydrogens is 314 g/mol. The van der Waals surface area contributed by atoms with Gasteiger partial charge in [0, 0.05) is 39.6 Å². The minimum absolute atomic E-state index is 0.0224. The molecule has 23 heavy (non-hydrogen) atoms. The summed E-state index contributed by atoms with van der Waals surface area (Å²) in [5, 5.41) is 0. The van der Waals surface area contributed by atoms with E-state index >= 15 is 0 Å². The van der Waals surface area contributed by atoms with Crippen molar-refractivity contribution in [2.75, 3.05) is 32.7 Å². The second-order valence-corrected chi connectivity index (χ2v) is 7.48. The normalized spacial score (nSPS) is 20.0. The monoisotopic (exact) mass is 339 g/mol. The molecule has 1 aliphatic rings. The highest BCUT2D eigenvalue weighted by molar-refractivity contribution is 7.86. The topological polar surface area (TPSA) is 60.9 Å². The Morgan fingerprint density at radius 3 is 2.30 bits per heavy atom. The van der Waals surface area contributed by atoms with E-state index in [4.69, 9.17) is 0 Å². The molecule has 0 radical (unpaired) electrons. The van der Waals surface area contributed by atoms with E-state index in [-0.39, 0.29) is 11.9 Å². The fraction of sp³-hybridized carbons (Fsp3) is 0.562. The number of carbonyl (C=O) groups excluding carboxylic acids is 1. The van der Waals surface area contributed by atoms with E-state index in [2.05, 4.69) is 0 Å². The van der Waals surface area contributed by atoms with Gasteiger partial charge in [0.15, 0.2) is 0 Å². The van der Waals surface area contributed by atoms with Crippen molar-refractivity contribution in [2.45, 2.75) is 26.8 Å². The zero-order valence-electron chi connectivity index (χ0n) is 14.0. The summed E-state index contributed by atoms with van der Waals surface area (Å²) >= 11 is 0. The van der Waals surface area contributed by atoms with Crippen molar-refractivity contribution in [3.63, 3.8) is 0 Å². The van der Waals surface area contributed by atoms with Crippen molar-refractivity contribution in [3.05, 3.63) is 35.9 Å². The van der Waals surface area contributed by atoms with E-state index < -0.39 is 10.2 Å². The summed E-state index contributed by atoms with van der Waals surface area (Å²) in [4.78, 5) is 13.4. The second-order valence-electron chi connectivity index (χ2n) is 5.59. The molecule has 7 heteroatoms. The van der Waals surface area contributed by atoms with E-state index in [0.717, 1.165) is 5.56 Å². The van der Waals surface area contributed by atoms with Gasteiger partial charge < -0.3 is 4.90 Å². The zero-order valence-corrected chi connectivity index (χ0v) is 14.8. The average Bonchev–Trinajstić information content (AvgIpc) is 2.56. The maximum Gasteiger partial charge on any atom is 0.282 e. The van der Waals surface area contributed by atoms with Crippen LogP contribution in [-0.2, 0) is 15.0 Å². The summed E-state index contributed by atoms with van der Waals surface area (Å²) in [7, 11) is -3.54. The molecule has 1 aromatic rings. The predicted octanol–water partition coefficient (Wildman–Crippen LogP) is 1.48. The van der Waals surface area contributed by atoms with E-state index in [9.17, 15) is 13.2 Å². The quantitative estimate of drug-likeness (QED) is 0.816. The number of nitrogens with zero attached hydrogens (tertiary/aromatic N) is 3. The van der Waals surface area contributed by atoms with Gasteiger partial charge in [0.25, 0.3) is 10.2 Å². The van der Waals surface area contributed by atoms with Crippen LogP contribution in [0.2, 0.25) is 0 Å². The van der Waals surface area contributed by atoms with Crippen molar-refractivity contribution in [1.82, 2.24) is 13.5 Å². The molecule has 2 rings (SSSR count). The third-order valence-electron chi connectivity index (χ3n) is 4.29. The molecule has 1 fully saturated rings. The number of benzene rings is 1. The maximum atomic E-state index is 13.0. The standard InChI is InChI=1S/C16H25N3O3S/c1-4-18(5-2)23(21,22)19-12-11-17(14(3)20)13-16(19)15-9-7-6-8-10-15/h6-10,16H,4-5,11-13H2,1-3H3. The lowest BCUT2D eigenvalue weighted by atomic mass is 10.0. The fourth-order valence-corrected chi connectivity index (χ4v) is 4.75. The molecule has 1 aromatic carbocycles. The van der Waals surface area contributed by atoms with Crippen molar-refractivity contribution in [1.29, 1.82) is 0 Å². The first kappa shape index (κ1) is 17.9. The van der Waals surface area contributed by atoms with Crippen molar-refractivity contribution in [2.24, 2.45) is 0 Å². The Bertz CT molecular complexity index is 629. The van der Waals surface area contributed by atoms with E-state index in [1.807, 2.05) is 44.2 Å². The first-order chi connectivity index (χ1) is 10.9. The smallest absolute Gasteiger partial charge is 0.282 e. The molecule has 0 aliphatic carbocycles. The predicted molar refractivity (Wildman–Crippen MR) is 90.0 cm³/mol. The van der Waals surface area contributed by atoms with Gasteiger partial charge in [-0.15, -0.1) is 0 Å². The van der Waals surface area contributed by atoms with Crippen molar-refractivity contribution in [3.8, 4) is 0 Å². The molecule has 1 aliphatic heterocycles. The Morgan fingerprint density at radius 1 is 1.17 bits per heavy atom. The van der Waals surface area contributed by atoms with Crippen LogP contribution in [0, 0.1) is 0 Å². The van der Waals surface area contributed by atoms with Gasteiger partial charge in [-0.05, 0) is 5.56 Å². The second kappa shape index (κ2) is 7.42. The number of carbonyl (C=O) groups is 1. The van der Waals surface area contributed by atoms with E-state index in [1.165, 1.54) is 15.5 Å². The summed E-state index contributed by atoms with van der Waals surface area (Å²) in [6.07, 6.45) is 0. The molecule has 0 aromatic heterocycles. The molecule has 1 atom stereocenters. The number of rotatable bonds is 5. The van der Waals surface area contributed by atoms with Gasteiger partial charge in [-0.1, -0.05) is 44.2 Å². The molecule has 1 amide bonds. The molecule has 6 nitrogen and oxygen atoms in total. The van der Waals surface area contributed by atoms with Crippen molar-refractivity contribution >= 4 is 16.1 Å². The van der Waals surface area contributed by atoms with E-state index in [0.29, 0.717) is 32.7 Å². The number of hydrogen-bond donors (Lipinski definition) is 0. The minimum atomic E-state index is -3.54. The molecule has 1 saturated heterocycles. The van der Waals surface area contributed by atoms with Gasteiger partial charge >= 0.3 is 0 Å². The Balaban J connectivity index is 2.38. The summed E-state index contributed by atoms with van der Waals surface area (Å²) < 4.78 is 28.9. The van der Waals surface area contributed by atoms with Crippen LogP contribution in [0.5, 0.6) is 0 Å². The summed E-state index contributed by atoms with van der Waals surface area (Å²) in [5.41, 5.74) is 0.911. The number of hydrogen-bond acceptors (Lipinski definition) is 3. The van der Waals surface area contributed by atoms with Crippen LogP contribution in [0.25, 0.3) is 0 Å².